The molecule has 23 heavy (non-hydrogen) atoms. The highest BCUT2D eigenvalue weighted by Crippen LogP contribution is 2.62. The Morgan fingerprint density at radius 2 is 2.26 bits per heavy atom. The molecule has 2 aromatic rings. The fourth-order valence-electron chi connectivity index (χ4n) is 4.77. The Balaban J connectivity index is 1.40. The fraction of sp³-hybridized carbons (Fsp3) is 0.529. The molecule has 1 aromatic heterocycles. The normalized spacial score (nSPS) is 30.7. The van der Waals surface area contributed by atoms with Crippen LogP contribution in [0.1, 0.15) is 36.0 Å². The van der Waals surface area contributed by atoms with Crippen LogP contribution in [0, 0.1) is 16.2 Å². The first kappa shape index (κ1) is 13.7. The van der Waals surface area contributed by atoms with Crippen molar-refractivity contribution in [3.8, 4) is 0 Å². The van der Waals surface area contributed by atoms with Gasteiger partial charge in [-0.05, 0) is 49.7 Å². The number of benzene rings is 1. The Morgan fingerprint density at radius 3 is 3.04 bits per heavy atom. The van der Waals surface area contributed by atoms with E-state index >= 15 is 0 Å². The Bertz CT molecular complexity index is 851. The minimum absolute atomic E-state index is 0.0316. The van der Waals surface area contributed by atoms with E-state index in [1.165, 1.54) is 19.3 Å². The second-order valence-electron chi connectivity index (χ2n) is 7.01. The number of aromatic nitrogens is 1. The van der Waals surface area contributed by atoms with Crippen LogP contribution in [0.25, 0.3) is 11.1 Å². The van der Waals surface area contributed by atoms with Gasteiger partial charge in [-0.1, -0.05) is 6.42 Å². The lowest BCUT2D eigenvalue weighted by Gasteiger charge is -2.63. The van der Waals surface area contributed by atoms with Gasteiger partial charge in [0.1, 0.15) is 0 Å². The smallest absolute Gasteiger partial charge is 0.266 e. The number of ether oxygens (including phenoxy) is 1. The molecular weight excluding hydrogens is 312 g/mol. The number of carbonyl (C=O) groups excluding carboxylic acids is 1. The molecule has 5 rings (SSSR count). The Morgan fingerprint density at radius 1 is 1.39 bits per heavy atom. The summed E-state index contributed by atoms with van der Waals surface area (Å²) in [6.45, 7) is 0.833. The summed E-state index contributed by atoms with van der Waals surface area (Å²) in [6.07, 6.45) is 5.01. The summed E-state index contributed by atoms with van der Waals surface area (Å²) in [4.78, 5) is 16.0. The van der Waals surface area contributed by atoms with E-state index < -0.39 is 0 Å². The number of aromatic amines is 1. The van der Waals surface area contributed by atoms with Gasteiger partial charge in [0.05, 0.1) is 11.6 Å². The Kier molecular flexibility index (Phi) is 2.79. The fourth-order valence-corrected chi connectivity index (χ4v) is 4.97. The van der Waals surface area contributed by atoms with E-state index in [9.17, 15) is 4.79 Å². The highest BCUT2D eigenvalue weighted by molar-refractivity contribution is 7.71. The minimum atomic E-state index is -0.0316. The van der Waals surface area contributed by atoms with Gasteiger partial charge in [0.2, 0.25) is 0 Å². The van der Waals surface area contributed by atoms with E-state index in [4.69, 9.17) is 21.4 Å². The molecule has 5 nitrogen and oxygen atoms in total. The van der Waals surface area contributed by atoms with Crippen LogP contribution in [0.5, 0.6) is 0 Å². The topological polar surface area (TPSA) is 67.3 Å². The molecule has 2 heterocycles. The monoisotopic (exact) mass is 330 g/mol. The van der Waals surface area contributed by atoms with Crippen molar-refractivity contribution >= 4 is 29.2 Å². The second-order valence-corrected chi connectivity index (χ2v) is 7.38. The predicted octanol–water partition coefficient (Wildman–Crippen LogP) is 3.18. The molecule has 0 bridgehead atoms. The molecule has 1 aliphatic heterocycles. The van der Waals surface area contributed by atoms with E-state index in [1.54, 1.807) is 6.07 Å². The van der Waals surface area contributed by atoms with E-state index in [1.807, 2.05) is 12.1 Å². The summed E-state index contributed by atoms with van der Waals surface area (Å²) in [5.74, 6) is 0.454. The van der Waals surface area contributed by atoms with Gasteiger partial charge in [-0.2, -0.15) is 0 Å². The van der Waals surface area contributed by atoms with Gasteiger partial charge in [-0.15, -0.1) is 0 Å². The van der Waals surface area contributed by atoms with Crippen LogP contribution < -0.4 is 5.32 Å². The molecule has 3 aliphatic rings. The molecular formula is C17H18N2O3S. The van der Waals surface area contributed by atoms with E-state index in [0.29, 0.717) is 28.0 Å². The average Bonchev–Trinajstić information content (AvgIpc) is 3.05. The molecule has 1 aromatic carbocycles. The van der Waals surface area contributed by atoms with Crippen molar-refractivity contribution < 1.29 is 13.9 Å². The molecule has 1 saturated heterocycles. The zero-order valence-corrected chi connectivity index (χ0v) is 13.4. The van der Waals surface area contributed by atoms with E-state index in [0.717, 1.165) is 18.5 Å². The number of fused-ring (bicyclic) bond motifs is 3. The molecule has 1 spiro atoms. The highest BCUT2D eigenvalue weighted by Gasteiger charge is 2.66. The van der Waals surface area contributed by atoms with Gasteiger partial charge in [0, 0.05) is 29.5 Å². The number of oxazole rings is 1. The van der Waals surface area contributed by atoms with Crippen molar-refractivity contribution in [3.63, 3.8) is 0 Å². The maximum absolute atomic E-state index is 12.7. The van der Waals surface area contributed by atoms with Crippen molar-refractivity contribution in [3.05, 3.63) is 28.6 Å². The lowest BCUT2D eigenvalue weighted by atomic mass is 9.46. The van der Waals surface area contributed by atoms with Crippen LogP contribution >= 0.6 is 12.2 Å². The SMILES string of the molecule is O=C(N[C@@H]1[C@@H]2CCO[C@H]2C12CCC2)c1ccc2[nH]c(=S)oc2c1. The molecule has 2 aliphatic carbocycles. The Labute approximate surface area is 138 Å². The molecule has 2 saturated carbocycles. The summed E-state index contributed by atoms with van der Waals surface area (Å²) in [6, 6.07) is 5.66. The zero-order chi connectivity index (χ0) is 15.6. The first-order valence-corrected chi connectivity index (χ1v) is 8.64. The largest absolute Gasteiger partial charge is 0.429 e. The summed E-state index contributed by atoms with van der Waals surface area (Å²) in [5, 5.41) is 3.27. The minimum Gasteiger partial charge on any atom is -0.429 e. The van der Waals surface area contributed by atoms with Crippen LogP contribution in [-0.2, 0) is 4.74 Å². The maximum atomic E-state index is 12.7. The molecule has 2 N–H and O–H groups in total. The van der Waals surface area contributed by atoms with Gasteiger partial charge in [0.15, 0.2) is 5.58 Å². The van der Waals surface area contributed by atoms with E-state index in [2.05, 4.69) is 10.3 Å². The quantitative estimate of drug-likeness (QED) is 0.830. The molecule has 120 valence electrons. The number of nitrogens with one attached hydrogen (secondary N) is 2. The van der Waals surface area contributed by atoms with Crippen molar-refractivity contribution in [2.24, 2.45) is 11.3 Å². The van der Waals surface area contributed by atoms with Crippen LogP contribution in [0.2, 0.25) is 0 Å². The van der Waals surface area contributed by atoms with Gasteiger partial charge >= 0.3 is 0 Å². The second kappa shape index (κ2) is 4.68. The van der Waals surface area contributed by atoms with Gasteiger partial charge in [-0.3, -0.25) is 4.79 Å². The predicted molar refractivity (Wildman–Crippen MR) is 86.8 cm³/mol. The van der Waals surface area contributed by atoms with Gasteiger partial charge < -0.3 is 19.5 Å². The zero-order valence-electron chi connectivity index (χ0n) is 12.6. The van der Waals surface area contributed by atoms with Crippen LogP contribution in [0.4, 0.5) is 0 Å². The maximum Gasteiger partial charge on any atom is 0.266 e. The van der Waals surface area contributed by atoms with Crippen LogP contribution in [-0.4, -0.2) is 29.6 Å². The molecule has 3 fully saturated rings. The number of carbonyl (C=O) groups is 1. The third kappa shape index (κ3) is 1.82. The number of H-pyrrole nitrogens is 1. The average molecular weight is 330 g/mol. The van der Waals surface area contributed by atoms with E-state index in [-0.39, 0.29) is 17.4 Å². The van der Waals surface area contributed by atoms with Crippen molar-refractivity contribution in [2.75, 3.05) is 6.61 Å². The van der Waals surface area contributed by atoms with Crippen molar-refractivity contribution in [1.82, 2.24) is 10.3 Å². The molecule has 0 radical (unpaired) electrons. The molecule has 6 heteroatoms. The van der Waals surface area contributed by atoms with Gasteiger partial charge in [0.25, 0.3) is 10.7 Å². The molecule has 1 amide bonds. The standard InChI is InChI=1S/C17H18N2O3S/c20-15(9-2-3-11-12(8-9)22-16(23)18-11)19-13-10-4-7-21-14(10)17(13)5-1-6-17/h2-3,8,10,13-14H,1,4-7H2,(H,18,23)(H,19,20)/t10-,13+,14+/m0/s1. The Hall–Kier alpha value is -1.66. The number of hydrogen-bond acceptors (Lipinski definition) is 4. The lowest BCUT2D eigenvalue weighted by Crippen LogP contribution is -2.71. The summed E-state index contributed by atoms with van der Waals surface area (Å²) in [7, 11) is 0. The first-order valence-electron chi connectivity index (χ1n) is 8.23. The highest BCUT2D eigenvalue weighted by atomic mass is 32.1. The number of rotatable bonds is 2. The third-order valence-electron chi connectivity index (χ3n) is 6.01. The lowest BCUT2D eigenvalue weighted by molar-refractivity contribution is -0.172. The number of amides is 1. The summed E-state index contributed by atoms with van der Waals surface area (Å²) < 4.78 is 11.3. The summed E-state index contributed by atoms with van der Waals surface area (Å²) in [5.41, 5.74) is 2.26. The molecule has 0 unspecified atom stereocenters. The third-order valence-corrected chi connectivity index (χ3v) is 6.19. The van der Waals surface area contributed by atoms with Crippen LogP contribution in [0.15, 0.2) is 22.6 Å². The number of hydrogen-bond donors (Lipinski definition) is 2. The van der Waals surface area contributed by atoms with Gasteiger partial charge in [-0.25, -0.2) is 0 Å². The van der Waals surface area contributed by atoms with Crippen molar-refractivity contribution in [2.45, 2.75) is 37.8 Å². The summed E-state index contributed by atoms with van der Waals surface area (Å²) >= 11 is 4.99. The first-order chi connectivity index (χ1) is 11.2. The van der Waals surface area contributed by atoms with Crippen molar-refractivity contribution in [1.29, 1.82) is 0 Å². The molecule has 3 atom stereocenters. The van der Waals surface area contributed by atoms with Crippen LogP contribution in [0.3, 0.4) is 0 Å².